The van der Waals surface area contributed by atoms with Gasteiger partial charge >= 0.3 is 0 Å². The fourth-order valence-corrected chi connectivity index (χ4v) is 14.9. The Morgan fingerprint density at radius 3 is 1.24 bits per heavy atom. The molecule has 3 nitrogen and oxygen atoms in total. The van der Waals surface area contributed by atoms with E-state index in [9.17, 15) is 0 Å². The van der Waals surface area contributed by atoms with Crippen molar-refractivity contribution in [3.05, 3.63) is 375 Å². The third-order valence-corrected chi connectivity index (χ3v) is 19.3. The molecule has 0 N–H and O–H groups in total. The number of hydrogen-bond donors (Lipinski definition) is 0. The van der Waals surface area contributed by atoms with Crippen LogP contribution in [-0.2, 0) is 0 Å². The van der Waals surface area contributed by atoms with Crippen molar-refractivity contribution in [2.75, 3.05) is 14.7 Å². The van der Waals surface area contributed by atoms with Gasteiger partial charge in [0.25, 0.3) is 0 Å². The third kappa shape index (κ3) is 10.6. The summed E-state index contributed by atoms with van der Waals surface area (Å²) in [6.45, 7) is 0. The molecule has 0 saturated heterocycles. The summed E-state index contributed by atoms with van der Waals surface area (Å²) in [7, 11) is 0. The summed E-state index contributed by atoms with van der Waals surface area (Å²) in [5.74, 6) is 0. The van der Waals surface area contributed by atoms with Gasteiger partial charge < -0.3 is 14.7 Å². The van der Waals surface area contributed by atoms with Crippen molar-refractivity contribution in [2.45, 2.75) is 25.3 Å². The Morgan fingerprint density at radius 2 is 0.716 bits per heavy atom. The van der Waals surface area contributed by atoms with Gasteiger partial charge in [0.15, 0.2) is 0 Å². The van der Waals surface area contributed by atoms with Gasteiger partial charge in [-0.15, -0.1) is 0 Å². The molecule has 1 unspecified atom stereocenters. The molecule has 0 aliphatic heterocycles. The van der Waals surface area contributed by atoms with Gasteiger partial charge in [-0.25, -0.2) is 0 Å². The molecular weight excluding hydrogens is 1150 g/mol. The van der Waals surface area contributed by atoms with Crippen molar-refractivity contribution in [3.63, 3.8) is 0 Å². The van der Waals surface area contributed by atoms with Gasteiger partial charge in [0.1, 0.15) is 0 Å². The SMILES string of the molecule is C1=CC(c2cc(-c3ccc(N(c4ccccc4)c4ccccc4)cc3)c3c4ccc(C5=CCC(N(c6ccccc6)c6ccccc6)C=C5)cc4c4cc(-c5cc6ccccc6c6ccccc56)ccc4c3c2-c2ccc(N(c3ccccc3)c3ccccc3)cc2)=CCC1. The molecule has 95 heavy (non-hydrogen) atoms. The number of benzene rings is 15. The number of para-hydroxylation sites is 6. The van der Waals surface area contributed by atoms with E-state index in [-0.39, 0.29) is 6.04 Å². The number of hydrogen-bond acceptors (Lipinski definition) is 3. The van der Waals surface area contributed by atoms with Crippen molar-refractivity contribution >= 4 is 111 Å². The van der Waals surface area contributed by atoms with E-state index < -0.39 is 0 Å². The second-order valence-corrected chi connectivity index (χ2v) is 24.9. The summed E-state index contributed by atoms with van der Waals surface area (Å²) in [5.41, 5.74) is 21.0. The van der Waals surface area contributed by atoms with E-state index in [1.54, 1.807) is 0 Å². The van der Waals surface area contributed by atoms with Crippen molar-refractivity contribution in [3.8, 4) is 33.4 Å². The molecule has 15 aromatic carbocycles. The van der Waals surface area contributed by atoms with Gasteiger partial charge in [-0.3, -0.25) is 0 Å². The number of anilines is 8. The highest BCUT2D eigenvalue weighted by atomic mass is 15.2. The molecule has 2 aliphatic carbocycles. The number of rotatable bonds is 14. The normalized spacial score (nSPS) is 13.7. The van der Waals surface area contributed by atoms with Gasteiger partial charge in [0.05, 0.1) is 6.04 Å². The van der Waals surface area contributed by atoms with Crippen molar-refractivity contribution in [1.29, 1.82) is 0 Å². The largest absolute Gasteiger partial charge is 0.334 e. The van der Waals surface area contributed by atoms with E-state index in [1.165, 1.54) is 110 Å². The minimum atomic E-state index is 0.130. The van der Waals surface area contributed by atoms with Gasteiger partial charge in [-0.2, -0.15) is 0 Å². The van der Waals surface area contributed by atoms with Crippen LogP contribution in [0.1, 0.15) is 30.4 Å². The van der Waals surface area contributed by atoms with Crippen LogP contribution >= 0.6 is 0 Å². The highest BCUT2D eigenvalue weighted by Crippen LogP contribution is 2.51. The standard InChI is InChI=1S/C92H67N3/c1-8-26-65(27-9-1)86-63-87(66-46-54-78(55-47-66)94(73-33-14-4-15-34-73)74-35-16-5-17-36-74)91-83-58-50-68(64-44-52-77(53-45-64)93(71-29-10-2-11-30-71)72-31-12-3-13-32-72)60-88(83)89-62-70(85-61-69-28-22-23-41-80(69)81-42-24-25-43-82(81)85)51-59-84(89)92(91)90(86)67-48-56-79(57-49-67)95(75-37-18-6-19-38-75)76-39-20-7-21-40-76/h2-8,10-52,54-63,77H,1,9,53H2. The first-order valence-corrected chi connectivity index (χ1v) is 33.2. The molecule has 17 rings (SSSR count). The Balaban J connectivity index is 0.932. The summed E-state index contributed by atoms with van der Waals surface area (Å²) >= 11 is 0. The lowest BCUT2D eigenvalue weighted by atomic mass is 9.79. The van der Waals surface area contributed by atoms with E-state index in [0.29, 0.717) is 0 Å². The van der Waals surface area contributed by atoms with Crippen LogP contribution in [0.15, 0.2) is 364 Å². The molecule has 0 saturated carbocycles. The summed E-state index contributed by atoms with van der Waals surface area (Å²) in [4.78, 5) is 7.18. The molecule has 1 atom stereocenters. The first kappa shape index (κ1) is 56.9. The Labute approximate surface area is 555 Å². The van der Waals surface area contributed by atoms with E-state index >= 15 is 0 Å². The average molecular weight is 1210 g/mol. The van der Waals surface area contributed by atoms with Gasteiger partial charge in [-0.1, -0.05) is 243 Å². The van der Waals surface area contributed by atoms with Gasteiger partial charge in [0, 0.05) is 45.5 Å². The fourth-order valence-electron chi connectivity index (χ4n) is 14.9. The molecule has 0 spiro atoms. The highest BCUT2D eigenvalue weighted by molar-refractivity contribution is 6.33. The third-order valence-electron chi connectivity index (χ3n) is 19.3. The zero-order valence-corrected chi connectivity index (χ0v) is 52.7. The lowest BCUT2D eigenvalue weighted by Gasteiger charge is -2.33. The average Bonchev–Trinajstić information content (AvgIpc) is 0.707. The highest BCUT2D eigenvalue weighted by Gasteiger charge is 2.26. The monoisotopic (exact) mass is 1210 g/mol. The molecule has 2 aliphatic rings. The zero-order chi connectivity index (χ0) is 63.0. The van der Waals surface area contributed by atoms with Crippen molar-refractivity contribution < 1.29 is 0 Å². The molecule has 0 amide bonds. The molecule has 15 aromatic rings. The topological polar surface area (TPSA) is 9.72 Å². The molecule has 0 radical (unpaired) electrons. The van der Waals surface area contributed by atoms with Crippen LogP contribution in [-0.4, -0.2) is 6.04 Å². The number of nitrogens with zero attached hydrogens (tertiary/aromatic N) is 3. The second kappa shape index (κ2) is 24.9. The van der Waals surface area contributed by atoms with Gasteiger partial charge in [0.2, 0.25) is 0 Å². The van der Waals surface area contributed by atoms with Crippen LogP contribution in [0, 0.1) is 0 Å². The molecular formula is C92H67N3. The molecule has 0 fully saturated rings. The maximum atomic E-state index is 2.53. The minimum Gasteiger partial charge on any atom is -0.334 e. The second-order valence-electron chi connectivity index (χ2n) is 24.9. The first-order chi connectivity index (χ1) is 47.1. The lowest BCUT2D eigenvalue weighted by molar-refractivity contribution is 0.787. The van der Waals surface area contributed by atoms with Gasteiger partial charge in [-0.05, 0) is 250 Å². The van der Waals surface area contributed by atoms with Crippen LogP contribution in [0.3, 0.4) is 0 Å². The van der Waals surface area contributed by atoms with E-state index in [0.717, 1.165) is 64.5 Å². The first-order valence-electron chi connectivity index (χ1n) is 33.2. The smallest absolute Gasteiger partial charge is 0.0560 e. The van der Waals surface area contributed by atoms with Crippen LogP contribution in [0.4, 0.5) is 45.5 Å². The van der Waals surface area contributed by atoms with Crippen LogP contribution in [0.5, 0.6) is 0 Å². The maximum Gasteiger partial charge on any atom is 0.0560 e. The summed E-state index contributed by atoms with van der Waals surface area (Å²) in [5, 5.41) is 12.3. The Bertz CT molecular complexity index is 5350. The number of fused-ring (bicyclic) bond motifs is 9. The molecule has 450 valence electrons. The Hall–Kier alpha value is -12.0. The van der Waals surface area contributed by atoms with Crippen molar-refractivity contribution in [1.82, 2.24) is 0 Å². The number of allylic oxidation sites excluding steroid dienone is 6. The lowest BCUT2D eigenvalue weighted by Crippen LogP contribution is -2.30. The predicted molar refractivity (Wildman–Crippen MR) is 407 cm³/mol. The summed E-state index contributed by atoms with van der Waals surface area (Å²) in [6, 6.07) is 121. The Kier molecular flexibility index (Phi) is 14.9. The maximum absolute atomic E-state index is 2.53. The Morgan fingerprint density at radius 1 is 0.263 bits per heavy atom. The van der Waals surface area contributed by atoms with Crippen LogP contribution in [0.2, 0.25) is 0 Å². The fraction of sp³-hybridized carbons (Fsp3) is 0.0435. The molecule has 3 heteroatoms. The zero-order valence-electron chi connectivity index (χ0n) is 52.7. The molecule has 0 bridgehead atoms. The summed E-state index contributed by atoms with van der Waals surface area (Å²) in [6.07, 6.45) is 17.2. The van der Waals surface area contributed by atoms with E-state index in [1.807, 2.05) is 0 Å². The quantitative estimate of drug-likeness (QED) is 0.100. The van der Waals surface area contributed by atoms with E-state index in [4.69, 9.17) is 0 Å². The molecule has 0 aromatic heterocycles. The van der Waals surface area contributed by atoms with Crippen molar-refractivity contribution in [2.24, 2.45) is 0 Å². The molecule has 0 heterocycles. The van der Waals surface area contributed by atoms with E-state index in [2.05, 4.69) is 379 Å². The van der Waals surface area contributed by atoms with Crippen LogP contribution < -0.4 is 14.7 Å². The van der Waals surface area contributed by atoms with Crippen LogP contribution in [0.25, 0.3) is 98.4 Å². The minimum absolute atomic E-state index is 0.130. The predicted octanol–water partition coefficient (Wildman–Crippen LogP) is 25.7. The summed E-state index contributed by atoms with van der Waals surface area (Å²) < 4.78 is 0.